The Kier molecular flexibility index (Phi) is 3.30. The molecular weight excluding hydrogens is 156 g/mol. The van der Waals surface area contributed by atoms with E-state index in [1.54, 1.807) is 0 Å². The molecule has 0 unspecified atom stereocenters. The fourth-order valence-electron chi connectivity index (χ4n) is 1.48. The first-order chi connectivity index (χ1) is 6.11. The van der Waals surface area contributed by atoms with Gasteiger partial charge in [0.15, 0.2) is 0 Å². The van der Waals surface area contributed by atoms with Crippen molar-refractivity contribution in [2.75, 3.05) is 0 Å². The number of hydrogen-bond donors (Lipinski definition) is 0. The molecule has 0 atom stereocenters. The quantitative estimate of drug-likeness (QED) is 0.598. The minimum atomic E-state index is 1.07. The van der Waals surface area contributed by atoms with Crippen molar-refractivity contribution in [1.29, 1.82) is 0 Å². The lowest BCUT2D eigenvalue weighted by molar-refractivity contribution is 1.14. The van der Waals surface area contributed by atoms with E-state index < -0.39 is 0 Å². The van der Waals surface area contributed by atoms with Gasteiger partial charge in [-0.05, 0) is 50.8 Å². The van der Waals surface area contributed by atoms with Crippen LogP contribution in [0.1, 0.15) is 30.5 Å². The summed E-state index contributed by atoms with van der Waals surface area (Å²) in [5, 5.41) is 0. The minimum Gasteiger partial charge on any atom is -0.0815 e. The van der Waals surface area contributed by atoms with Gasteiger partial charge in [-0.1, -0.05) is 29.8 Å². The van der Waals surface area contributed by atoms with Crippen LogP contribution in [0.4, 0.5) is 0 Å². The standard InChI is InChI=1S/C13H18/c1-10(2)8-9-13-11(3)6-5-7-12(13)4/h5-8H,9H2,1-4H3. The van der Waals surface area contributed by atoms with Gasteiger partial charge in [0.2, 0.25) is 0 Å². The fourth-order valence-corrected chi connectivity index (χ4v) is 1.48. The van der Waals surface area contributed by atoms with Crippen LogP contribution in [0.2, 0.25) is 0 Å². The zero-order valence-corrected chi connectivity index (χ0v) is 9.02. The molecule has 1 aromatic rings. The first-order valence-corrected chi connectivity index (χ1v) is 4.79. The van der Waals surface area contributed by atoms with Crippen LogP contribution < -0.4 is 0 Å². The maximum Gasteiger partial charge on any atom is -0.00897 e. The Labute approximate surface area is 81.3 Å². The van der Waals surface area contributed by atoms with Gasteiger partial charge in [0.25, 0.3) is 0 Å². The topological polar surface area (TPSA) is 0 Å². The maximum atomic E-state index is 2.29. The lowest BCUT2D eigenvalue weighted by Crippen LogP contribution is -1.91. The van der Waals surface area contributed by atoms with E-state index in [0.717, 1.165) is 6.42 Å². The van der Waals surface area contributed by atoms with Gasteiger partial charge in [0, 0.05) is 0 Å². The second kappa shape index (κ2) is 4.27. The Balaban J connectivity index is 2.94. The van der Waals surface area contributed by atoms with Crippen molar-refractivity contribution < 1.29 is 0 Å². The van der Waals surface area contributed by atoms with Crippen molar-refractivity contribution in [2.24, 2.45) is 0 Å². The highest BCUT2D eigenvalue weighted by Gasteiger charge is 1.98. The summed E-state index contributed by atoms with van der Waals surface area (Å²) in [5.74, 6) is 0. The Hall–Kier alpha value is -1.04. The summed E-state index contributed by atoms with van der Waals surface area (Å²) >= 11 is 0. The molecule has 0 aromatic heterocycles. The predicted octanol–water partition coefficient (Wildman–Crippen LogP) is 3.81. The van der Waals surface area contributed by atoms with Crippen molar-refractivity contribution in [2.45, 2.75) is 34.1 Å². The van der Waals surface area contributed by atoms with Crippen molar-refractivity contribution in [1.82, 2.24) is 0 Å². The second-order valence-corrected chi connectivity index (χ2v) is 3.86. The summed E-state index contributed by atoms with van der Waals surface area (Å²) < 4.78 is 0. The van der Waals surface area contributed by atoms with Crippen LogP contribution in [0.15, 0.2) is 29.8 Å². The molecule has 0 N–H and O–H groups in total. The molecule has 0 nitrogen and oxygen atoms in total. The average Bonchev–Trinajstić information content (AvgIpc) is 2.03. The van der Waals surface area contributed by atoms with E-state index in [9.17, 15) is 0 Å². The van der Waals surface area contributed by atoms with Gasteiger partial charge in [-0.15, -0.1) is 0 Å². The zero-order valence-electron chi connectivity index (χ0n) is 9.02. The zero-order chi connectivity index (χ0) is 9.84. The summed E-state index contributed by atoms with van der Waals surface area (Å²) in [4.78, 5) is 0. The minimum absolute atomic E-state index is 1.07. The molecule has 0 heteroatoms. The molecule has 0 fully saturated rings. The molecule has 0 aliphatic heterocycles. The Morgan fingerprint density at radius 2 is 1.69 bits per heavy atom. The average molecular weight is 174 g/mol. The van der Waals surface area contributed by atoms with Crippen molar-refractivity contribution in [3.05, 3.63) is 46.5 Å². The molecule has 0 amide bonds. The van der Waals surface area contributed by atoms with E-state index >= 15 is 0 Å². The van der Waals surface area contributed by atoms with E-state index in [-0.39, 0.29) is 0 Å². The third-order valence-electron chi connectivity index (χ3n) is 2.36. The second-order valence-electron chi connectivity index (χ2n) is 3.86. The van der Waals surface area contributed by atoms with Gasteiger partial charge in [0.1, 0.15) is 0 Å². The van der Waals surface area contributed by atoms with E-state index in [4.69, 9.17) is 0 Å². The Bertz CT molecular complexity index is 295. The fraction of sp³-hybridized carbons (Fsp3) is 0.385. The monoisotopic (exact) mass is 174 g/mol. The normalized spacial score (nSPS) is 9.85. The lowest BCUT2D eigenvalue weighted by Gasteiger charge is -2.06. The molecular formula is C13H18. The molecule has 0 spiro atoms. The van der Waals surface area contributed by atoms with Gasteiger partial charge < -0.3 is 0 Å². The largest absolute Gasteiger partial charge is 0.0815 e. The van der Waals surface area contributed by atoms with Gasteiger partial charge in [-0.2, -0.15) is 0 Å². The maximum absolute atomic E-state index is 2.29. The van der Waals surface area contributed by atoms with Crippen LogP contribution in [0, 0.1) is 13.8 Å². The smallest absolute Gasteiger partial charge is 0.00897 e. The molecule has 70 valence electrons. The van der Waals surface area contributed by atoms with Crippen molar-refractivity contribution >= 4 is 0 Å². The predicted molar refractivity (Wildman–Crippen MR) is 59.1 cm³/mol. The van der Waals surface area contributed by atoms with Crippen LogP contribution in [0.25, 0.3) is 0 Å². The number of aryl methyl sites for hydroxylation is 2. The highest BCUT2D eigenvalue weighted by Crippen LogP contribution is 2.14. The number of allylic oxidation sites excluding steroid dienone is 2. The number of benzene rings is 1. The van der Waals surface area contributed by atoms with E-state index in [1.807, 2.05) is 0 Å². The summed E-state index contributed by atoms with van der Waals surface area (Å²) in [6, 6.07) is 6.49. The van der Waals surface area contributed by atoms with Crippen molar-refractivity contribution in [3.63, 3.8) is 0 Å². The summed E-state index contributed by atoms with van der Waals surface area (Å²) in [6.07, 6.45) is 3.36. The van der Waals surface area contributed by atoms with Crippen LogP contribution in [-0.2, 0) is 6.42 Å². The van der Waals surface area contributed by atoms with E-state index in [0.29, 0.717) is 0 Å². The Morgan fingerprint density at radius 1 is 1.15 bits per heavy atom. The molecule has 0 saturated heterocycles. The molecule has 0 saturated carbocycles. The van der Waals surface area contributed by atoms with Gasteiger partial charge >= 0.3 is 0 Å². The molecule has 0 aliphatic rings. The first-order valence-electron chi connectivity index (χ1n) is 4.79. The first kappa shape index (κ1) is 10.0. The number of hydrogen-bond acceptors (Lipinski definition) is 0. The molecule has 1 rings (SSSR count). The molecule has 0 bridgehead atoms. The molecule has 0 radical (unpaired) electrons. The molecule has 0 heterocycles. The van der Waals surface area contributed by atoms with Crippen LogP contribution in [0.5, 0.6) is 0 Å². The Morgan fingerprint density at radius 3 is 2.15 bits per heavy atom. The van der Waals surface area contributed by atoms with Crippen LogP contribution >= 0.6 is 0 Å². The highest BCUT2D eigenvalue weighted by molar-refractivity contribution is 5.35. The summed E-state index contributed by atoms with van der Waals surface area (Å²) in [5.41, 5.74) is 5.67. The van der Waals surface area contributed by atoms with Gasteiger partial charge in [0.05, 0.1) is 0 Å². The van der Waals surface area contributed by atoms with E-state index in [1.165, 1.54) is 22.3 Å². The molecule has 0 aliphatic carbocycles. The van der Waals surface area contributed by atoms with Gasteiger partial charge in [-0.25, -0.2) is 0 Å². The third kappa shape index (κ3) is 2.73. The summed E-state index contributed by atoms with van der Waals surface area (Å²) in [6.45, 7) is 8.66. The highest BCUT2D eigenvalue weighted by atomic mass is 14.0. The van der Waals surface area contributed by atoms with Gasteiger partial charge in [-0.3, -0.25) is 0 Å². The summed E-state index contributed by atoms with van der Waals surface area (Å²) in [7, 11) is 0. The SMILES string of the molecule is CC(C)=CCc1c(C)cccc1C. The third-order valence-corrected chi connectivity index (χ3v) is 2.36. The lowest BCUT2D eigenvalue weighted by atomic mass is 9.99. The van der Waals surface area contributed by atoms with Crippen LogP contribution in [0.3, 0.4) is 0 Å². The number of rotatable bonds is 2. The van der Waals surface area contributed by atoms with Crippen molar-refractivity contribution in [3.8, 4) is 0 Å². The van der Waals surface area contributed by atoms with Crippen LogP contribution in [-0.4, -0.2) is 0 Å². The molecule has 1 aromatic carbocycles. The molecule has 13 heavy (non-hydrogen) atoms. The van der Waals surface area contributed by atoms with E-state index in [2.05, 4.69) is 52.0 Å².